The van der Waals surface area contributed by atoms with E-state index < -0.39 is 11.5 Å². The van der Waals surface area contributed by atoms with Crippen LogP contribution in [0, 0.1) is 11.3 Å². The lowest BCUT2D eigenvalue weighted by Gasteiger charge is -2.07. The third-order valence-electron chi connectivity index (χ3n) is 1.40. The molecule has 0 unspecified atom stereocenters. The quantitative estimate of drug-likeness (QED) is 0.316. The molecule has 0 aliphatic rings. The minimum atomic E-state index is -1.29. The Kier molecular flexibility index (Phi) is 5.64. The van der Waals surface area contributed by atoms with E-state index >= 15 is 0 Å². The summed E-state index contributed by atoms with van der Waals surface area (Å²) in [6.45, 7) is 2.03. The summed E-state index contributed by atoms with van der Waals surface area (Å²) in [6, 6.07) is 1.60. The summed E-state index contributed by atoms with van der Waals surface area (Å²) >= 11 is 0. The lowest BCUT2D eigenvalue weighted by Crippen LogP contribution is -2.06. The zero-order valence-electron chi connectivity index (χ0n) is 9.02. The summed E-state index contributed by atoms with van der Waals surface area (Å²) in [6.07, 6.45) is 3.07. The van der Waals surface area contributed by atoms with Crippen LogP contribution in [0.25, 0.3) is 0 Å². The summed E-state index contributed by atoms with van der Waals surface area (Å²) in [5.41, 5.74) is -0.394. The predicted octanol–water partition coefficient (Wildman–Crippen LogP) is 0.960. The van der Waals surface area contributed by atoms with Gasteiger partial charge in [-0.05, 0) is 13.0 Å². The molecule has 0 atom stereocenters. The van der Waals surface area contributed by atoms with Crippen molar-refractivity contribution in [1.82, 2.24) is 4.90 Å². The van der Waals surface area contributed by atoms with E-state index in [1.807, 2.05) is 0 Å². The highest BCUT2D eigenvalue weighted by Crippen LogP contribution is 2.08. The van der Waals surface area contributed by atoms with Crippen LogP contribution in [-0.2, 0) is 9.53 Å². The number of hydrogen-bond donors (Lipinski definition) is 1. The summed E-state index contributed by atoms with van der Waals surface area (Å²) in [5, 5.41) is 17.4. The van der Waals surface area contributed by atoms with E-state index in [4.69, 9.17) is 15.1 Å². The SMILES string of the molecule is CCOC(C=CN(C)C)=C(C#N)C(=O)O. The number of hydrogen-bond acceptors (Lipinski definition) is 4. The molecule has 0 rings (SSSR count). The Hall–Kier alpha value is -1.96. The first kappa shape index (κ1) is 13.0. The van der Waals surface area contributed by atoms with Gasteiger partial charge in [-0.1, -0.05) is 0 Å². The van der Waals surface area contributed by atoms with Crippen LogP contribution in [0.5, 0.6) is 0 Å². The van der Waals surface area contributed by atoms with Crippen LogP contribution in [0.15, 0.2) is 23.6 Å². The molecule has 0 aliphatic carbocycles. The molecule has 82 valence electrons. The van der Waals surface area contributed by atoms with E-state index in [2.05, 4.69) is 0 Å². The van der Waals surface area contributed by atoms with Gasteiger partial charge in [-0.25, -0.2) is 4.79 Å². The topological polar surface area (TPSA) is 73.6 Å². The van der Waals surface area contributed by atoms with Gasteiger partial charge in [0.05, 0.1) is 6.61 Å². The molecule has 0 saturated heterocycles. The van der Waals surface area contributed by atoms with Gasteiger partial charge in [-0.2, -0.15) is 5.26 Å². The second-order valence-corrected chi connectivity index (χ2v) is 2.87. The number of carboxylic acid groups (broad SMARTS) is 1. The Morgan fingerprint density at radius 2 is 2.20 bits per heavy atom. The maximum atomic E-state index is 10.7. The van der Waals surface area contributed by atoms with E-state index in [9.17, 15) is 4.79 Å². The summed E-state index contributed by atoms with van der Waals surface area (Å²) in [4.78, 5) is 12.4. The first-order valence-electron chi connectivity index (χ1n) is 4.38. The van der Waals surface area contributed by atoms with Crippen LogP contribution in [0.2, 0.25) is 0 Å². The number of nitriles is 1. The maximum Gasteiger partial charge on any atom is 0.350 e. The van der Waals surface area contributed by atoms with E-state index in [-0.39, 0.29) is 5.76 Å². The van der Waals surface area contributed by atoms with E-state index in [1.165, 1.54) is 6.08 Å². The minimum absolute atomic E-state index is 0.0706. The van der Waals surface area contributed by atoms with E-state index in [0.717, 1.165) is 0 Å². The lowest BCUT2D eigenvalue weighted by molar-refractivity contribution is -0.132. The Morgan fingerprint density at radius 1 is 1.60 bits per heavy atom. The highest BCUT2D eigenvalue weighted by Gasteiger charge is 2.13. The lowest BCUT2D eigenvalue weighted by atomic mass is 10.2. The third kappa shape index (κ3) is 4.72. The number of rotatable bonds is 5. The van der Waals surface area contributed by atoms with Crippen molar-refractivity contribution in [2.24, 2.45) is 0 Å². The molecule has 0 fully saturated rings. The van der Waals surface area contributed by atoms with Crippen molar-refractivity contribution in [3.8, 4) is 6.07 Å². The van der Waals surface area contributed by atoms with Gasteiger partial charge < -0.3 is 14.7 Å². The van der Waals surface area contributed by atoms with Gasteiger partial charge in [0.1, 0.15) is 11.8 Å². The Bertz CT molecular complexity index is 324. The van der Waals surface area contributed by atoms with E-state index in [0.29, 0.717) is 6.61 Å². The second kappa shape index (κ2) is 6.49. The highest BCUT2D eigenvalue weighted by atomic mass is 16.5. The molecule has 0 heterocycles. The van der Waals surface area contributed by atoms with Crippen molar-refractivity contribution in [3.63, 3.8) is 0 Å². The molecule has 0 radical (unpaired) electrons. The van der Waals surface area contributed by atoms with Crippen molar-refractivity contribution < 1.29 is 14.6 Å². The largest absolute Gasteiger partial charge is 0.492 e. The molecular formula is C10H14N2O3. The molecule has 5 nitrogen and oxygen atoms in total. The van der Waals surface area contributed by atoms with Gasteiger partial charge >= 0.3 is 5.97 Å². The fraction of sp³-hybridized carbons (Fsp3) is 0.400. The number of carboxylic acids is 1. The van der Waals surface area contributed by atoms with Crippen molar-refractivity contribution in [2.75, 3.05) is 20.7 Å². The van der Waals surface area contributed by atoms with Gasteiger partial charge in [0, 0.05) is 20.3 Å². The molecule has 0 aromatic rings. The van der Waals surface area contributed by atoms with Gasteiger partial charge in [-0.15, -0.1) is 0 Å². The van der Waals surface area contributed by atoms with Crippen molar-refractivity contribution in [1.29, 1.82) is 5.26 Å². The van der Waals surface area contributed by atoms with Gasteiger partial charge in [-0.3, -0.25) is 0 Å². The van der Waals surface area contributed by atoms with Crippen LogP contribution >= 0.6 is 0 Å². The first-order chi connectivity index (χ1) is 7.02. The van der Waals surface area contributed by atoms with Crippen LogP contribution < -0.4 is 0 Å². The Labute approximate surface area is 88.9 Å². The fourth-order valence-corrected chi connectivity index (χ4v) is 0.784. The van der Waals surface area contributed by atoms with Crippen molar-refractivity contribution >= 4 is 5.97 Å². The summed E-state index contributed by atoms with van der Waals surface area (Å²) < 4.78 is 5.07. The maximum absolute atomic E-state index is 10.7. The third-order valence-corrected chi connectivity index (χ3v) is 1.40. The van der Waals surface area contributed by atoms with Crippen LogP contribution in [0.4, 0.5) is 0 Å². The van der Waals surface area contributed by atoms with Crippen molar-refractivity contribution in [2.45, 2.75) is 6.92 Å². The Morgan fingerprint density at radius 3 is 2.53 bits per heavy atom. The van der Waals surface area contributed by atoms with Crippen molar-refractivity contribution in [3.05, 3.63) is 23.6 Å². The Balaban J connectivity index is 5.09. The second-order valence-electron chi connectivity index (χ2n) is 2.87. The van der Waals surface area contributed by atoms with Gasteiger partial charge in [0.2, 0.25) is 0 Å². The van der Waals surface area contributed by atoms with Gasteiger partial charge in [0.25, 0.3) is 0 Å². The molecule has 1 N–H and O–H groups in total. The zero-order valence-corrected chi connectivity index (χ0v) is 9.02. The molecule has 15 heavy (non-hydrogen) atoms. The van der Waals surface area contributed by atoms with Crippen LogP contribution in [0.3, 0.4) is 0 Å². The first-order valence-corrected chi connectivity index (χ1v) is 4.38. The number of allylic oxidation sites excluding steroid dienone is 1. The number of carbonyl (C=O) groups is 1. The highest BCUT2D eigenvalue weighted by molar-refractivity contribution is 5.92. The molecule has 0 spiro atoms. The van der Waals surface area contributed by atoms with Gasteiger partial charge in [0.15, 0.2) is 5.57 Å². The number of nitrogens with zero attached hydrogens (tertiary/aromatic N) is 2. The fourth-order valence-electron chi connectivity index (χ4n) is 0.784. The summed E-state index contributed by atoms with van der Waals surface area (Å²) in [7, 11) is 3.57. The normalized spacial score (nSPS) is 11.9. The molecule has 0 bridgehead atoms. The molecule has 0 amide bonds. The number of aliphatic carboxylic acids is 1. The van der Waals surface area contributed by atoms with Crippen LogP contribution in [-0.4, -0.2) is 36.7 Å². The molecule has 0 saturated carbocycles. The monoisotopic (exact) mass is 210 g/mol. The molecule has 0 aromatic carbocycles. The average Bonchev–Trinajstić information content (AvgIpc) is 2.14. The summed E-state index contributed by atoms with van der Waals surface area (Å²) in [5.74, 6) is -1.22. The molecule has 0 aromatic heterocycles. The standard InChI is InChI=1S/C10H14N2O3/c1-4-15-9(5-6-12(2)3)8(7-11)10(13)14/h5-6H,4H2,1-3H3,(H,13,14). The number of ether oxygens (including phenoxy) is 1. The predicted molar refractivity (Wildman–Crippen MR) is 54.7 cm³/mol. The van der Waals surface area contributed by atoms with E-state index in [1.54, 1.807) is 38.2 Å². The molecule has 0 aliphatic heterocycles. The molecule has 5 heteroatoms. The molecular weight excluding hydrogens is 196 g/mol. The average molecular weight is 210 g/mol. The minimum Gasteiger partial charge on any atom is -0.492 e. The zero-order chi connectivity index (χ0) is 11.8. The smallest absolute Gasteiger partial charge is 0.350 e. The van der Waals surface area contributed by atoms with Crippen LogP contribution in [0.1, 0.15) is 6.92 Å².